The van der Waals surface area contributed by atoms with Crippen LogP contribution in [0.2, 0.25) is 0 Å². The molecule has 3 rings (SSSR count). The fourth-order valence-electron chi connectivity index (χ4n) is 3.08. The topological polar surface area (TPSA) is 123 Å². The molecule has 0 unspecified atom stereocenters. The third-order valence-electron chi connectivity index (χ3n) is 4.34. The first kappa shape index (κ1) is 18.6. The summed E-state index contributed by atoms with van der Waals surface area (Å²) in [5.41, 5.74) is 9.54. The summed E-state index contributed by atoms with van der Waals surface area (Å²) in [5, 5.41) is 13.9. The maximum atomic E-state index is 12.1. The molecule has 1 N–H and O–H groups in total. The lowest BCUT2D eigenvalue weighted by molar-refractivity contribution is -0.218. The second-order valence-corrected chi connectivity index (χ2v) is 6.67. The van der Waals surface area contributed by atoms with Crippen LogP contribution in [0.3, 0.4) is 0 Å². The van der Waals surface area contributed by atoms with E-state index in [1.54, 1.807) is 13.8 Å². The van der Waals surface area contributed by atoms with Crippen LogP contribution in [0.1, 0.15) is 19.4 Å². The van der Waals surface area contributed by atoms with Crippen molar-refractivity contribution in [2.75, 3.05) is 6.61 Å². The van der Waals surface area contributed by atoms with E-state index in [1.165, 1.54) is 0 Å². The van der Waals surface area contributed by atoms with E-state index in [4.69, 9.17) is 24.5 Å². The highest BCUT2D eigenvalue weighted by atomic mass is 16.8. The Kier molecular flexibility index (Phi) is 5.45. The first-order valence-corrected chi connectivity index (χ1v) is 8.31. The van der Waals surface area contributed by atoms with Crippen LogP contribution in [-0.2, 0) is 30.3 Å². The highest BCUT2D eigenvalue weighted by molar-refractivity contribution is 5.78. The van der Waals surface area contributed by atoms with Gasteiger partial charge in [-0.25, -0.2) is 0 Å². The van der Waals surface area contributed by atoms with Crippen molar-refractivity contribution in [1.29, 1.82) is 0 Å². The third-order valence-corrected chi connectivity index (χ3v) is 4.34. The lowest BCUT2D eigenvalue weighted by atomic mass is 9.94. The number of rotatable bonds is 5. The van der Waals surface area contributed by atoms with Crippen LogP contribution in [0.5, 0.6) is 0 Å². The summed E-state index contributed by atoms with van der Waals surface area (Å²) in [6, 6.07) is 8.00. The Morgan fingerprint density at radius 1 is 1.38 bits per heavy atom. The van der Waals surface area contributed by atoms with Crippen LogP contribution in [0.4, 0.5) is 0 Å². The van der Waals surface area contributed by atoms with Crippen molar-refractivity contribution in [2.45, 2.75) is 56.7 Å². The Morgan fingerprint density at radius 3 is 2.73 bits per heavy atom. The fourth-order valence-corrected chi connectivity index (χ4v) is 3.08. The number of azide groups is 1. The number of carbonyl (C=O) groups is 1. The number of carbonyl (C=O) groups excluding carboxylic acids is 1. The maximum Gasteiger partial charge on any atom is 0.318 e. The molecule has 2 heterocycles. The molecule has 9 nitrogen and oxygen atoms in total. The number of benzene rings is 1. The van der Waals surface area contributed by atoms with Crippen LogP contribution in [0.15, 0.2) is 35.4 Å². The Hall–Kier alpha value is -2.16. The van der Waals surface area contributed by atoms with Crippen LogP contribution in [0.25, 0.3) is 10.4 Å². The molecular formula is C17H21N3O6. The molecule has 0 saturated carbocycles. The molecule has 1 aromatic rings. The van der Waals surface area contributed by atoms with Crippen LogP contribution in [-0.4, -0.2) is 53.9 Å². The van der Waals surface area contributed by atoms with Gasteiger partial charge in [0.2, 0.25) is 0 Å². The zero-order valence-electron chi connectivity index (χ0n) is 14.5. The average Bonchev–Trinajstić information content (AvgIpc) is 2.98. The minimum atomic E-state index is -1.37. The number of aliphatic hydroxyl groups excluding tert-OH is 1. The van der Waals surface area contributed by atoms with Gasteiger partial charge >= 0.3 is 5.97 Å². The third kappa shape index (κ3) is 3.98. The van der Waals surface area contributed by atoms with Gasteiger partial charge in [0, 0.05) is 4.91 Å². The molecule has 5 atom stereocenters. The molecule has 0 spiro atoms. The van der Waals surface area contributed by atoms with Gasteiger partial charge in [-0.2, -0.15) is 0 Å². The number of hydrogen-bond acceptors (Lipinski definition) is 7. The molecule has 0 bridgehead atoms. The first-order valence-electron chi connectivity index (χ1n) is 8.31. The molecule has 2 fully saturated rings. The van der Waals surface area contributed by atoms with Crippen LogP contribution < -0.4 is 0 Å². The maximum absolute atomic E-state index is 12.1. The minimum absolute atomic E-state index is 0.190. The largest absolute Gasteiger partial charge is 0.456 e. The summed E-state index contributed by atoms with van der Waals surface area (Å²) in [6.07, 6.45) is -3.76. The van der Waals surface area contributed by atoms with Gasteiger partial charge < -0.3 is 24.1 Å². The normalized spacial score (nSPS) is 33.3. The lowest BCUT2D eigenvalue weighted by Crippen LogP contribution is -2.59. The van der Waals surface area contributed by atoms with Crippen molar-refractivity contribution in [3.05, 3.63) is 46.3 Å². The highest BCUT2D eigenvalue weighted by Crippen LogP contribution is 2.32. The Balaban J connectivity index is 1.80. The minimum Gasteiger partial charge on any atom is -0.456 e. The number of aliphatic hydroxyl groups is 1. The zero-order chi connectivity index (χ0) is 18.7. The SMILES string of the molecule is CC1(C)OC[C@H]([C@H]2OC(=O)[C@@H](N=[N+]=[N-])[C@H](O)[C@H]2OCc2ccccc2)O1. The van der Waals surface area contributed by atoms with E-state index in [1.807, 2.05) is 30.3 Å². The van der Waals surface area contributed by atoms with Gasteiger partial charge in [-0.1, -0.05) is 35.4 Å². The molecule has 2 aliphatic heterocycles. The average molecular weight is 363 g/mol. The summed E-state index contributed by atoms with van der Waals surface area (Å²) in [7, 11) is 0. The van der Waals surface area contributed by atoms with Crippen LogP contribution in [0, 0.1) is 0 Å². The second kappa shape index (κ2) is 7.61. The summed E-state index contributed by atoms with van der Waals surface area (Å²) in [5.74, 6) is -1.64. The summed E-state index contributed by atoms with van der Waals surface area (Å²) in [6.45, 7) is 3.87. The lowest BCUT2D eigenvalue weighted by Gasteiger charge is -2.39. The van der Waals surface area contributed by atoms with Gasteiger partial charge in [-0.3, -0.25) is 4.79 Å². The predicted molar refractivity (Wildman–Crippen MR) is 88.7 cm³/mol. The van der Waals surface area contributed by atoms with E-state index in [-0.39, 0.29) is 13.2 Å². The summed E-state index contributed by atoms with van der Waals surface area (Å²) in [4.78, 5) is 14.8. The Labute approximate surface area is 150 Å². The molecular weight excluding hydrogens is 342 g/mol. The molecule has 26 heavy (non-hydrogen) atoms. The van der Waals surface area contributed by atoms with Crippen molar-refractivity contribution in [2.24, 2.45) is 5.11 Å². The molecule has 9 heteroatoms. The van der Waals surface area contributed by atoms with E-state index in [0.717, 1.165) is 5.56 Å². The molecule has 0 radical (unpaired) electrons. The van der Waals surface area contributed by atoms with Crippen LogP contribution >= 0.6 is 0 Å². The number of cyclic esters (lactones) is 1. The number of hydrogen-bond donors (Lipinski definition) is 1. The van der Waals surface area contributed by atoms with E-state index in [0.29, 0.717) is 0 Å². The van der Waals surface area contributed by atoms with Crippen molar-refractivity contribution in [1.82, 2.24) is 0 Å². The fraction of sp³-hybridized carbons (Fsp3) is 0.588. The van der Waals surface area contributed by atoms with Gasteiger partial charge in [-0.05, 0) is 24.9 Å². The van der Waals surface area contributed by atoms with E-state index in [9.17, 15) is 9.90 Å². The molecule has 0 amide bonds. The van der Waals surface area contributed by atoms with E-state index in [2.05, 4.69) is 10.0 Å². The second-order valence-electron chi connectivity index (χ2n) is 6.67. The van der Waals surface area contributed by atoms with Gasteiger partial charge in [0.05, 0.1) is 13.2 Å². The Bertz CT molecular complexity index is 691. The Morgan fingerprint density at radius 2 is 2.12 bits per heavy atom. The quantitative estimate of drug-likeness (QED) is 0.367. The smallest absolute Gasteiger partial charge is 0.318 e. The number of esters is 1. The van der Waals surface area contributed by atoms with Gasteiger partial charge in [0.1, 0.15) is 18.3 Å². The molecule has 140 valence electrons. The molecule has 0 aromatic heterocycles. The zero-order valence-corrected chi connectivity index (χ0v) is 14.5. The molecule has 1 aromatic carbocycles. The van der Waals surface area contributed by atoms with Crippen molar-refractivity contribution < 1.29 is 28.8 Å². The van der Waals surface area contributed by atoms with E-state index >= 15 is 0 Å². The number of nitrogens with zero attached hydrogens (tertiary/aromatic N) is 3. The van der Waals surface area contributed by atoms with E-state index < -0.39 is 42.2 Å². The predicted octanol–water partition coefficient (Wildman–Crippen LogP) is 1.69. The van der Waals surface area contributed by atoms with Crippen molar-refractivity contribution in [3.8, 4) is 0 Å². The van der Waals surface area contributed by atoms with Gasteiger partial charge in [0.25, 0.3) is 0 Å². The van der Waals surface area contributed by atoms with Crippen molar-refractivity contribution >= 4 is 5.97 Å². The van der Waals surface area contributed by atoms with Crippen molar-refractivity contribution in [3.63, 3.8) is 0 Å². The monoisotopic (exact) mass is 363 g/mol. The summed E-state index contributed by atoms with van der Waals surface area (Å²) >= 11 is 0. The molecule has 2 aliphatic rings. The van der Waals surface area contributed by atoms with Gasteiger partial charge in [-0.15, -0.1) is 0 Å². The number of ether oxygens (including phenoxy) is 4. The molecule has 0 aliphatic carbocycles. The van der Waals surface area contributed by atoms with Gasteiger partial charge in [0.15, 0.2) is 17.9 Å². The first-order chi connectivity index (χ1) is 12.4. The highest BCUT2D eigenvalue weighted by Gasteiger charge is 2.52. The molecule has 2 saturated heterocycles. The summed E-state index contributed by atoms with van der Waals surface area (Å²) < 4.78 is 22.6. The standard InChI is InChI=1S/C17H21N3O6/c1-17(2)24-9-11(26-17)14-15(23-8-10-6-4-3-5-7-10)13(21)12(19-20-18)16(22)25-14/h3-7,11-15,21H,8-9H2,1-2H3/t11-,12+,13+,14-,15-/m1/s1.